The van der Waals surface area contributed by atoms with Crippen LogP contribution < -0.4 is 5.73 Å². The number of aliphatic hydroxyl groups excluding tert-OH is 1. The van der Waals surface area contributed by atoms with E-state index in [0.717, 1.165) is 40.9 Å². The van der Waals surface area contributed by atoms with Crippen molar-refractivity contribution in [2.75, 3.05) is 7.11 Å². The third-order valence-electron chi connectivity index (χ3n) is 5.21. The Kier molecular flexibility index (Phi) is 16.8. The lowest BCUT2D eigenvalue weighted by Gasteiger charge is -1.97. The third kappa shape index (κ3) is 11.7. The minimum Gasteiger partial charge on any atom is -0.400 e. The number of Topliss-reactive ketones (excluding diaryl/α,β-unsaturated/α-hetero) is 1. The van der Waals surface area contributed by atoms with Crippen molar-refractivity contribution in [1.29, 1.82) is 5.41 Å². The van der Waals surface area contributed by atoms with Gasteiger partial charge in [-0.05, 0) is 5.56 Å². The van der Waals surface area contributed by atoms with Crippen LogP contribution >= 0.6 is 0 Å². The molecule has 208 valence electrons. The molecule has 0 saturated heterocycles. The summed E-state index contributed by atoms with van der Waals surface area (Å²) >= 11 is 0. The van der Waals surface area contributed by atoms with Gasteiger partial charge in [0, 0.05) is 30.2 Å². The topological polar surface area (TPSA) is 116 Å². The van der Waals surface area contributed by atoms with Crippen molar-refractivity contribution >= 4 is 11.6 Å². The van der Waals surface area contributed by atoms with E-state index in [2.05, 4.69) is 22.1 Å². The maximum absolute atomic E-state index is 11.0. The number of carbonyl (C=O) groups is 1. The van der Waals surface area contributed by atoms with E-state index in [1.54, 1.807) is 0 Å². The van der Waals surface area contributed by atoms with Gasteiger partial charge in [-0.25, -0.2) is 4.98 Å². The van der Waals surface area contributed by atoms with E-state index in [4.69, 9.17) is 16.2 Å². The number of hydrogen-bond acceptors (Lipinski definition) is 4. The average molecular weight is 537 g/mol. The van der Waals surface area contributed by atoms with Crippen LogP contribution in [-0.4, -0.2) is 33.8 Å². The molecule has 6 heteroatoms. The molecule has 5 N–H and O–H groups in total. The Hall–Kier alpha value is -4.81. The van der Waals surface area contributed by atoms with Crippen molar-refractivity contribution in [2.24, 2.45) is 5.73 Å². The number of benzene rings is 4. The number of aromatic nitrogens is 2. The Labute approximate surface area is 238 Å². The Morgan fingerprint density at radius 1 is 0.725 bits per heavy atom. The molecule has 0 aliphatic rings. The number of nitrogen functional groups attached to an aromatic ring is 1. The Morgan fingerprint density at radius 3 is 1.52 bits per heavy atom. The minimum atomic E-state index is 0.121. The van der Waals surface area contributed by atoms with E-state index in [9.17, 15) is 4.79 Å². The van der Waals surface area contributed by atoms with Crippen molar-refractivity contribution in [3.63, 3.8) is 0 Å². The molecule has 0 saturated carbocycles. The normalized spacial score (nSPS) is 9.03. The molecule has 0 unspecified atom stereocenters. The minimum absolute atomic E-state index is 0.121. The molecule has 6 nitrogen and oxygen atoms in total. The van der Waals surface area contributed by atoms with E-state index in [-0.39, 0.29) is 11.6 Å². The first kappa shape index (κ1) is 33.2. The summed E-state index contributed by atoms with van der Waals surface area (Å²) in [5.41, 5.74) is 10.1. The standard InChI is InChI=1S/C15H12N2.C9H10O.C7H8N2.C2H6.CH4O/c1-3-7-12(8-4-1)14-11-16-15(17-14)13-9-5-2-6-10-13;1-2-9(10)8-6-4-3-5-7-8;8-7(9)6-4-2-1-3-5-6;2*1-2/h1-11H,(H,16,17);3-7H,2H2,1H3;1-5H,(H3,8,9);1-2H3;2H,1H3. The molecule has 40 heavy (non-hydrogen) atoms. The zero-order chi connectivity index (χ0) is 29.6. The SMILES string of the molecule is CC.CCC(=O)c1ccccc1.CO.N=C(N)c1ccccc1.c1ccc(-c2cnc(-c3ccccc3)[nH]2)cc1. The van der Waals surface area contributed by atoms with Crippen molar-refractivity contribution < 1.29 is 9.90 Å². The van der Waals surface area contributed by atoms with Gasteiger partial charge < -0.3 is 15.8 Å². The van der Waals surface area contributed by atoms with E-state index in [0.29, 0.717) is 6.42 Å². The maximum Gasteiger partial charge on any atom is 0.162 e. The highest BCUT2D eigenvalue weighted by atomic mass is 16.2. The fourth-order valence-electron chi connectivity index (χ4n) is 3.27. The zero-order valence-corrected chi connectivity index (χ0v) is 23.7. The molecule has 5 aromatic rings. The summed E-state index contributed by atoms with van der Waals surface area (Å²) in [4.78, 5) is 18.8. The predicted molar refractivity (Wildman–Crippen MR) is 167 cm³/mol. The zero-order valence-electron chi connectivity index (χ0n) is 23.7. The number of carbonyl (C=O) groups excluding carboxylic acids is 1. The van der Waals surface area contributed by atoms with E-state index in [1.165, 1.54) is 0 Å². The van der Waals surface area contributed by atoms with Gasteiger partial charge in [0.2, 0.25) is 0 Å². The number of aromatic amines is 1. The number of ketones is 1. The van der Waals surface area contributed by atoms with Gasteiger partial charge in [0.15, 0.2) is 5.78 Å². The van der Waals surface area contributed by atoms with Crippen LogP contribution in [0, 0.1) is 5.41 Å². The van der Waals surface area contributed by atoms with Gasteiger partial charge in [0.1, 0.15) is 11.7 Å². The number of nitrogens with one attached hydrogen (secondary N) is 2. The summed E-state index contributed by atoms with van der Waals surface area (Å²) in [6.45, 7) is 5.87. The summed E-state index contributed by atoms with van der Waals surface area (Å²) in [6, 6.07) is 38.9. The van der Waals surface area contributed by atoms with E-state index >= 15 is 0 Å². The van der Waals surface area contributed by atoms with Crippen molar-refractivity contribution in [2.45, 2.75) is 27.2 Å². The Morgan fingerprint density at radius 2 is 1.12 bits per heavy atom. The molecular formula is C34H40N4O2. The number of imidazole rings is 1. The van der Waals surface area contributed by atoms with Crippen LogP contribution in [0.5, 0.6) is 0 Å². The largest absolute Gasteiger partial charge is 0.400 e. The molecule has 0 bridgehead atoms. The van der Waals surface area contributed by atoms with Crippen molar-refractivity contribution in [1.82, 2.24) is 9.97 Å². The fourth-order valence-corrected chi connectivity index (χ4v) is 3.27. The molecule has 0 aliphatic heterocycles. The average Bonchev–Trinajstić information content (AvgIpc) is 3.56. The smallest absolute Gasteiger partial charge is 0.162 e. The first-order chi connectivity index (χ1) is 19.6. The quantitative estimate of drug-likeness (QED) is 0.105. The van der Waals surface area contributed by atoms with Crippen LogP contribution in [-0.2, 0) is 0 Å². The number of hydrogen-bond donors (Lipinski definition) is 4. The summed E-state index contributed by atoms with van der Waals surface area (Å²) < 4.78 is 0. The van der Waals surface area contributed by atoms with Crippen LogP contribution in [0.2, 0.25) is 0 Å². The fraction of sp³-hybridized carbons (Fsp3) is 0.147. The molecule has 5 rings (SSSR count). The van der Waals surface area contributed by atoms with Crippen molar-refractivity contribution in [3.05, 3.63) is 139 Å². The second-order valence-corrected chi connectivity index (χ2v) is 7.80. The van der Waals surface area contributed by atoms with Gasteiger partial charge in [-0.15, -0.1) is 0 Å². The van der Waals surface area contributed by atoms with Crippen LogP contribution in [0.4, 0.5) is 0 Å². The molecule has 0 amide bonds. The van der Waals surface area contributed by atoms with Gasteiger partial charge in [0.25, 0.3) is 0 Å². The molecule has 4 aromatic carbocycles. The molecule has 0 fully saturated rings. The lowest BCUT2D eigenvalue weighted by Crippen LogP contribution is -2.10. The molecule has 0 radical (unpaired) electrons. The first-order valence-corrected chi connectivity index (χ1v) is 13.2. The number of H-pyrrole nitrogens is 1. The molecule has 0 atom stereocenters. The molecular weight excluding hydrogens is 496 g/mol. The van der Waals surface area contributed by atoms with Gasteiger partial charge >= 0.3 is 0 Å². The van der Waals surface area contributed by atoms with Gasteiger partial charge in [-0.2, -0.15) is 0 Å². The highest BCUT2D eigenvalue weighted by molar-refractivity contribution is 5.95. The summed E-state index contributed by atoms with van der Waals surface area (Å²) in [5.74, 6) is 1.24. The van der Waals surface area contributed by atoms with E-state index in [1.807, 2.05) is 136 Å². The molecule has 0 spiro atoms. The Bertz CT molecular complexity index is 1280. The lowest BCUT2D eigenvalue weighted by atomic mass is 10.1. The summed E-state index contributed by atoms with van der Waals surface area (Å²) in [6.07, 6.45) is 2.46. The number of amidine groups is 1. The van der Waals surface area contributed by atoms with Crippen LogP contribution in [0.1, 0.15) is 43.1 Å². The molecule has 0 aliphatic carbocycles. The number of rotatable bonds is 5. The predicted octanol–water partition coefficient (Wildman–Crippen LogP) is 7.63. The summed E-state index contributed by atoms with van der Waals surface area (Å²) in [7, 11) is 1.00. The lowest BCUT2D eigenvalue weighted by molar-refractivity contribution is 0.0988. The maximum atomic E-state index is 11.0. The number of aliphatic hydroxyl groups is 1. The second-order valence-electron chi connectivity index (χ2n) is 7.80. The molecule has 1 heterocycles. The highest BCUT2D eigenvalue weighted by Crippen LogP contribution is 2.21. The number of nitrogens with zero attached hydrogens (tertiary/aromatic N) is 1. The van der Waals surface area contributed by atoms with Gasteiger partial charge in [0.05, 0.1) is 11.9 Å². The number of nitrogens with two attached hydrogens (primary N) is 1. The van der Waals surface area contributed by atoms with Crippen LogP contribution in [0.15, 0.2) is 128 Å². The van der Waals surface area contributed by atoms with Gasteiger partial charge in [-0.1, -0.05) is 142 Å². The Balaban J connectivity index is 0.000000300. The highest BCUT2D eigenvalue weighted by Gasteiger charge is 2.04. The van der Waals surface area contributed by atoms with E-state index < -0.39 is 0 Å². The second kappa shape index (κ2) is 20.2. The molecule has 1 aromatic heterocycles. The van der Waals surface area contributed by atoms with Gasteiger partial charge in [-0.3, -0.25) is 10.2 Å². The van der Waals surface area contributed by atoms with Crippen LogP contribution in [0.3, 0.4) is 0 Å². The summed E-state index contributed by atoms with van der Waals surface area (Å²) in [5, 5.41) is 14.0. The first-order valence-electron chi connectivity index (χ1n) is 13.2. The van der Waals surface area contributed by atoms with Crippen molar-refractivity contribution in [3.8, 4) is 22.6 Å². The third-order valence-corrected chi connectivity index (χ3v) is 5.21. The van der Waals surface area contributed by atoms with Crippen LogP contribution in [0.25, 0.3) is 22.6 Å². The monoisotopic (exact) mass is 536 g/mol.